The fraction of sp³-hybridized carbons (Fsp3) is 0.836. The predicted molar refractivity (Wildman–Crippen MR) is 323 cm³/mol. The van der Waals surface area contributed by atoms with Gasteiger partial charge in [-0.1, -0.05) is 287 Å². The molecule has 76 heavy (non-hydrogen) atoms. The molecule has 2 unspecified atom stereocenters. The number of likely N-dealkylation sites (N-methyl/N-ethyl adjacent to an activating group) is 1. The van der Waals surface area contributed by atoms with E-state index in [1.165, 1.54) is 212 Å². The van der Waals surface area contributed by atoms with E-state index in [9.17, 15) is 19.5 Å². The molecule has 444 valence electrons. The minimum atomic E-state index is -1.51. The summed E-state index contributed by atoms with van der Waals surface area (Å²) in [5.41, 5.74) is 0. The van der Waals surface area contributed by atoms with Crippen molar-refractivity contribution in [2.75, 3.05) is 47.5 Å². The summed E-state index contributed by atoms with van der Waals surface area (Å²) in [6, 6.07) is 0. The standard InChI is InChI=1S/C67H123NO8/c1-6-8-10-12-14-16-18-20-22-24-26-28-30-31-32-33-34-35-36-38-40-42-44-46-48-50-52-54-56-58-65(70)76-63(62-75-67(66(71)72)73-60-59-68(3,4)5)61-74-64(69)57-55-53-51-49-47-45-43-41-39-37-29-27-25-23-21-19-17-15-13-11-9-7-2/h8,10,14,16,20,22,26,28,63,67H,6-7,9,11-13,15,17-19,21,23-25,27,29-62H2,1-5H3/p+1/b10-8-,16-14-,22-20-,28-26-. The van der Waals surface area contributed by atoms with Gasteiger partial charge in [0.25, 0.3) is 6.29 Å². The van der Waals surface area contributed by atoms with Gasteiger partial charge in [0.15, 0.2) is 6.10 Å². The molecule has 0 aliphatic rings. The predicted octanol–water partition coefficient (Wildman–Crippen LogP) is 19.4. The molecule has 0 aromatic rings. The van der Waals surface area contributed by atoms with Gasteiger partial charge in [-0.3, -0.25) is 9.59 Å². The van der Waals surface area contributed by atoms with Crippen LogP contribution >= 0.6 is 0 Å². The number of carboxylic acid groups (broad SMARTS) is 1. The van der Waals surface area contributed by atoms with Gasteiger partial charge in [0, 0.05) is 12.8 Å². The Bertz CT molecular complexity index is 1380. The SMILES string of the molecule is CC/C=C\C/C=C\C/C=C\C/C=C\CCCCCCCCCCCCCCCCCCC(=O)OC(COC(=O)CCCCCCCCCCCCCCCCCCCCCCCC)COC(OCC[N+](C)(C)C)C(=O)O. The Morgan fingerprint density at radius 1 is 0.408 bits per heavy atom. The van der Waals surface area contributed by atoms with E-state index in [0.29, 0.717) is 17.4 Å². The van der Waals surface area contributed by atoms with Gasteiger partial charge >= 0.3 is 17.9 Å². The molecule has 0 radical (unpaired) electrons. The fourth-order valence-electron chi connectivity index (χ4n) is 9.42. The number of carbonyl (C=O) groups is 3. The molecule has 0 aliphatic carbocycles. The van der Waals surface area contributed by atoms with Gasteiger partial charge in [-0.2, -0.15) is 0 Å². The minimum absolute atomic E-state index is 0.177. The highest BCUT2D eigenvalue weighted by atomic mass is 16.7. The van der Waals surface area contributed by atoms with E-state index in [1.54, 1.807) is 0 Å². The zero-order valence-corrected chi connectivity index (χ0v) is 50.7. The number of unbranched alkanes of at least 4 members (excludes halogenated alkanes) is 37. The van der Waals surface area contributed by atoms with Crippen LogP contribution in [0, 0.1) is 0 Å². The van der Waals surface area contributed by atoms with E-state index in [1.807, 2.05) is 21.1 Å². The summed E-state index contributed by atoms with van der Waals surface area (Å²) in [4.78, 5) is 37.5. The monoisotopic (exact) mass is 1070 g/mol. The van der Waals surface area contributed by atoms with Crippen molar-refractivity contribution in [3.63, 3.8) is 0 Å². The summed E-state index contributed by atoms with van der Waals surface area (Å²) >= 11 is 0. The van der Waals surface area contributed by atoms with Gasteiger partial charge < -0.3 is 28.5 Å². The summed E-state index contributed by atoms with van der Waals surface area (Å²) in [7, 11) is 5.98. The molecule has 0 saturated carbocycles. The molecule has 9 heteroatoms. The number of rotatable bonds is 60. The van der Waals surface area contributed by atoms with Crippen LogP contribution in [0.2, 0.25) is 0 Å². The normalized spacial score (nSPS) is 13.0. The number of allylic oxidation sites excluding steroid dienone is 8. The van der Waals surface area contributed by atoms with Gasteiger partial charge in [0.1, 0.15) is 13.2 Å². The molecule has 0 aliphatic heterocycles. The Balaban J connectivity index is 4.13. The van der Waals surface area contributed by atoms with E-state index in [2.05, 4.69) is 62.5 Å². The van der Waals surface area contributed by atoms with Crippen molar-refractivity contribution in [3.8, 4) is 0 Å². The van der Waals surface area contributed by atoms with Crippen molar-refractivity contribution in [3.05, 3.63) is 48.6 Å². The second-order valence-electron chi connectivity index (χ2n) is 23.1. The Morgan fingerprint density at radius 3 is 1.12 bits per heavy atom. The van der Waals surface area contributed by atoms with Crippen molar-refractivity contribution >= 4 is 17.9 Å². The molecule has 0 saturated heterocycles. The first kappa shape index (κ1) is 73.2. The summed E-state index contributed by atoms with van der Waals surface area (Å²) in [6.45, 7) is 4.82. The Morgan fingerprint density at radius 2 is 0.750 bits per heavy atom. The first-order chi connectivity index (χ1) is 37.1. The molecule has 0 aromatic carbocycles. The van der Waals surface area contributed by atoms with Crippen LogP contribution in [0.3, 0.4) is 0 Å². The fourth-order valence-corrected chi connectivity index (χ4v) is 9.42. The van der Waals surface area contributed by atoms with Crippen LogP contribution in [0.5, 0.6) is 0 Å². The van der Waals surface area contributed by atoms with Crippen LogP contribution in [-0.4, -0.2) is 87.4 Å². The molecule has 2 atom stereocenters. The number of quaternary nitrogens is 1. The smallest absolute Gasteiger partial charge is 0.361 e. The lowest BCUT2D eigenvalue weighted by molar-refractivity contribution is -0.870. The van der Waals surface area contributed by atoms with Gasteiger partial charge in [0.2, 0.25) is 0 Å². The highest BCUT2D eigenvalue weighted by Gasteiger charge is 2.25. The number of hydrogen-bond donors (Lipinski definition) is 1. The maximum absolute atomic E-state index is 12.9. The van der Waals surface area contributed by atoms with Crippen LogP contribution in [-0.2, 0) is 33.3 Å². The largest absolute Gasteiger partial charge is 0.477 e. The van der Waals surface area contributed by atoms with Gasteiger partial charge in [-0.05, 0) is 51.4 Å². The molecule has 0 heterocycles. The zero-order chi connectivity index (χ0) is 55.5. The number of carboxylic acids is 1. The lowest BCUT2D eigenvalue weighted by Crippen LogP contribution is -2.40. The lowest BCUT2D eigenvalue weighted by atomic mass is 10.0. The molecule has 0 amide bonds. The highest BCUT2D eigenvalue weighted by molar-refractivity contribution is 5.71. The van der Waals surface area contributed by atoms with E-state index in [-0.39, 0.29) is 38.2 Å². The number of ether oxygens (including phenoxy) is 4. The molecular formula is C67H124NO8+. The summed E-state index contributed by atoms with van der Waals surface area (Å²) in [6.07, 6.45) is 70.6. The minimum Gasteiger partial charge on any atom is -0.477 e. The number of esters is 2. The average molecular weight is 1070 g/mol. The summed E-state index contributed by atoms with van der Waals surface area (Å²) in [5.74, 6) is -1.98. The zero-order valence-electron chi connectivity index (χ0n) is 50.7. The Hall–Kier alpha value is -2.75. The Labute approximate surface area is 470 Å². The van der Waals surface area contributed by atoms with Crippen molar-refractivity contribution in [1.82, 2.24) is 0 Å². The van der Waals surface area contributed by atoms with E-state index in [4.69, 9.17) is 18.9 Å². The quantitative estimate of drug-likeness (QED) is 0.0211. The molecule has 0 fully saturated rings. The summed E-state index contributed by atoms with van der Waals surface area (Å²) in [5, 5.41) is 9.73. The van der Waals surface area contributed by atoms with Crippen molar-refractivity contribution in [1.29, 1.82) is 0 Å². The van der Waals surface area contributed by atoms with Crippen molar-refractivity contribution in [2.24, 2.45) is 0 Å². The van der Waals surface area contributed by atoms with Gasteiger partial charge in [-0.15, -0.1) is 0 Å². The van der Waals surface area contributed by atoms with Crippen LogP contribution in [0.4, 0.5) is 0 Å². The third-order valence-electron chi connectivity index (χ3n) is 14.3. The molecule has 0 bridgehead atoms. The maximum Gasteiger partial charge on any atom is 0.361 e. The third-order valence-corrected chi connectivity index (χ3v) is 14.3. The molecule has 0 spiro atoms. The lowest BCUT2D eigenvalue weighted by Gasteiger charge is -2.25. The van der Waals surface area contributed by atoms with Crippen LogP contribution in [0.15, 0.2) is 48.6 Å². The molecule has 1 N–H and O–H groups in total. The first-order valence-electron chi connectivity index (χ1n) is 32.3. The highest BCUT2D eigenvalue weighted by Crippen LogP contribution is 2.18. The van der Waals surface area contributed by atoms with Crippen molar-refractivity contribution in [2.45, 2.75) is 315 Å². The van der Waals surface area contributed by atoms with E-state index in [0.717, 1.165) is 64.2 Å². The topological polar surface area (TPSA) is 108 Å². The molecule has 9 nitrogen and oxygen atoms in total. The summed E-state index contributed by atoms with van der Waals surface area (Å²) < 4.78 is 23.0. The van der Waals surface area contributed by atoms with Gasteiger partial charge in [0.05, 0.1) is 34.4 Å². The first-order valence-corrected chi connectivity index (χ1v) is 32.3. The van der Waals surface area contributed by atoms with Gasteiger partial charge in [-0.25, -0.2) is 4.79 Å². The average Bonchev–Trinajstić information content (AvgIpc) is 3.39. The number of nitrogens with zero attached hydrogens (tertiary/aromatic N) is 1. The second kappa shape index (κ2) is 58.4. The number of aliphatic carboxylic acids is 1. The van der Waals surface area contributed by atoms with E-state index < -0.39 is 18.4 Å². The van der Waals surface area contributed by atoms with Crippen LogP contribution in [0.25, 0.3) is 0 Å². The van der Waals surface area contributed by atoms with Crippen LogP contribution < -0.4 is 0 Å². The second-order valence-corrected chi connectivity index (χ2v) is 23.1. The Kier molecular flexibility index (Phi) is 56.3. The maximum atomic E-state index is 12.9. The molecule has 0 rings (SSSR count). The number of carbonyl (C=O) groups excluding carboxylic acids is 2. The van der Waals surface area contributed by atoms with E-state index >= 15 is 0 Å². The van der Waals surface area contributed by atoms with Crippen molar-refractivity contribution < 1.29 is 42.9 Å². The van der Waals surface area contributed by atoms with Crippen LogP contribution in [0.1, 0.15) is 303 Å². The molecular weight excluding hydrogens is 947 g/mol. The third kappa shape index (κ3) is 58.9. The molecule has 0 aromatic heterocycles. The number of hydrogen-bond acceptors (Lipinski definition) is 7.